The Hall–Kier alpha value is -1.32. The highest BCUT2D eigenvalue weighted by Gasteiger charge is 2.34. The van der Waals surface area contributed by atoms with Gasteiger partial charge in [-0.1, -0.05) is 0 Å². The summed E-state index contributed by atoms with van der Waals surface area (Å²) in [5.74, 6) is 1.48. The molecule has 1 amide bonds. The second-order valence-corrected chi connectivity index (χ2v) is 5.30. The number of carbonyl (C=O) groups excluding carboxylic acids is 1. The fourth-order valence-corrected chi connectivity index (χ4v) is 2.62. The van der Waals surface area contributed by atoms with Crippen molar-refractivity contribution in [3.05, 3.63) is 18.7 Å². The van der Waals surface area contributed by atoms with Crippen molar-refractivity contribution in [1.29, 1.82) is 0 Å². The van der Waals surface area contributed by atoms with E-state index in [0.29, 0.717) is 17.7 Å². The molecule has 1 aromatic rings. The van der Waals surface area contributed by atoms with Crippen molar-refractivity contribution in [3.8, 4) is 0 Å². The first kappa shape index (κ1) is 10.8. The van der Waals surface area contributed by atoms with Crippen molar-refractivity contribution in [1.82, 2.24) is 14.5 Å². The van der Waals surface area contributed by atoms with Crippen LogP contribution in [0.5, 0.6) is 0 Å². The predicted molar refractivity (Wildman–Crippen MR) is 64.3 cm³/mol. The smallest absolute Gasteiger partial charge is 0.225 e. The SMILES string of the molecule is O=C(C1CC1)N1CCC(Cn2ccnc2)CC1. The van der Waals surface area contributed by atoms with Crippen LogP contribution in [0.3, 0.4) is 0 Å². The average Bonchev–Trinajstić information content (AvgIpc) is 3.09. The minimum Gasteiger partial charge on any atom is -0.342 e. The van der Waals surface area contributed by atoms with Gasteiger partial charge >= 0.3 is 0 Å². The molecule has 1 aromatic heterocycles. The summed E-state index contributed by atoms with van der Waals surface area (Å²) in [6.45, 7) is 2.95. The van der Waals surface area contributed by atoms with E-state index in [1.807, 2.05) is 18.7 Å². The molecule has 0 spiro atoms. The molecule has 4 heteroatoms. The first-order valence-corrected chi connectivity index (χ1v) is 6.57. The summed E-state index contributed by atoms with van der Waals surface area (Å²) in [5, 5.41) is 0. The Morgan fingerprint density at radius 1 is 1.24 bits per heavy atom. The Labute approximate surface area is 102 Å². The summed E-state index contributed by atoms with van der Waals surface area (Å²) >= 11 is 0. The van der Waals surface area contributed by atoms with Crippen molar-refractivity contribution in [2.45, 2.75) is 32.2 Å². The van der Waals surface area contributed by atoms with Crippen LogP contribution in [0.4, 0.5) is 0 Å². The number of likely N-dealkylation sites (tertiary alicyclic amines) is 1. The highest BCUT2D eigenvalue weighted by molar-refractivity contribution is 5.81. The van der Waals surface area contributed by atoms with Crippen LogP contribution in [0.25, 0.3) is 0 Å². The summed E-state index contributed by atoms with van der Waals surface area (Å²) in [4.78, 5) is 18.0. The van der Waals surface area contributed by atoms with Gasteiger partial charge in [0.25, 0.3) is 0 Å². The summed E-state index contributed by atoms with van der Waals surface area (Å²) in [6, 6.07) is 0. The lowest BCUT2D eigenvalue weighted by Gasteiger charge is -2.32. The largest absolute Gasteiger partial charge is 0.342 e. The lowest BCUT2D eigenvalue weighted by atomic mass is 9.96. The molecule has 0 unspecified atom stereocenters. The molecular formula is C13H19N3O. The van der Waals surface area contributed by atoms with Gasteiger partial charge in [0.15, 0.2) is 0 Å². The van der Waals surface area contributed by atoms with E-state index in [1.165, 1.54) is 0 Å². The van der Waals surface area contributed by atoms with Gasteiger partial charge in [-0.05, 0) is 31.6 Å². The van der Waals surface area contributed by atoms with Gasteiger partial charge in [0, 0.05) is 37.9 Å². The molecule has 2 heterocycles. The number of rotatable bonds is 3. The van der Waals surface area contributed by atoms with Crippen molar-refractivity contribution < 1.29 is 4.79 Å². The van der Waals surface area contributed by atoms with Gasteiger partial charge < -0.3 is 9.47 Å². The molecule has 1 saturated heterocycles. The van der Waals surface area contributed by atoms with Gasteiger partial charge in [0.2, 0.25) is 5.91 Å². The Morgan fingerprint density at radius 3 is 2.59 bits per heavy atom. The minimum atomic E-state index is 0.375. The molecule has 2 fully saturated rings. The van der Waals surface area contributed by atoms with E-state index in [1.54, 1.807) is 0 Å². The number of aromatic nitrogens is 2. The highest BCUT2D eigenvalue weighted by atomic mass is 16.2. The number of nitrogens with zero attached hydrogens (tertiary/aromatic N) is 3. The number of hydrogen-bond donors (Lipinski definition) is 0. The summed E-state index contributed by atoms with van der Waals surface area (Å²) in [7, 11) is 0. The van der Waals surface area contributed by atoms with Gasteiger partial charge in [-0.2, -0.15) is 0 Å². The molecule has 17 heavy (non-hydrogen) atoms. The van der Waals surface area contributed by atoms with E-state index < -0.39 is 0 Å². The van der Waals surface area contributed by atoms with E-state index in [-0.39, 0.29) is 0 Å². The molecule has 0 radical (unpaired) electrons. The van der Waals surface area contributed by atoms with Gasteiger partial charge in [-0.3, -0.25) is 4.79 Å². The number of imidazole rings is 1. The van der Waals surface area contributed by atoms with Crippen molar-refractivity contribution in [2.75, 3.05) is 13.1 Å². The number of amides is 1. The van der Waals surface area contributed by atoms with Crippen LogP contribution in [0, 0.1) is 11.8 Å². The van der Waals surface area contributed by atoms with Crippen LogP contribution in [-0.4, -0.2) is 33.4 Å². The molecule has 0 aromatic carbocycles. The fraction of sp³-hybridized carbons (Fsp3) is 0.692. The molecule has 2 aliphatic rings. The van der Waals surface area contributed by atoms with E-state index in [0.717, 1.165) is 45.3 Å². The molecule has 0 N–H and O–H groups in total. The summed E-state index contributed by atoms with van der Waals surface area (Å²) < 4.78 is 2.14. The van der Waals surface area contributed by atoms with Crippen LogP contribution < -0.4 is 0 Å². The third-order valence-electron chi connectivity index (χ3n) is 3.88. The molecule has 1 aliphatic carbocycles. The lowest BCUT2D eigenvalue weighted by Crippen LogP contribution is -2.40. The van der Waals surface area contributed by atoms with Gasteiger partial charge in [0.05, 0.1) is 6.33 Å². The van der Waals surface area contributed by atoms with Crippen molar-refractivity contribution in [2.24, 2.45) is 11.8 Å². The van der Waals surface area contributed by atoms with Crippen LogP contribution in [0.1, 0.15) is 25.7 Å². The molecule has 0 bridgehead atoms. The zero-order valence-corrected chi connectivity index (χ0v) is 10.1. The van der Waals surface area contributed by atoms with Crippen molar-refractivity contribution in [3.63, 3.8) is 0 Å². The summed E-state index contributed by atoms with van der Waals surface area (Å²) in [5.41, 5.74) is 0. The van der Waals surface area contributed by atoms with Crippen LogP contribution in [0.2, 0.25) is 0 Å². The van der Waals surface area contributed by atoms with Gasteiger partial charge in [-0.15, -0.1) is 0 Å². The van der Waals surface area contributed by atoms with E-state index in [2.05, 4.69) is 14.5 Å². The zero-order chi connectivity index (χ0) is 11.7. The topological polar surface area (TPSA) is 38.1 Å². The second-order valence-electron chi connectivity index (χ2n) is 5.30. The third kappa shape index (κ3) is 2.51. The molecule has 0 atom stereocenters. The van der Waals surface area contributed by atoms with E-state index >= 15 is 0 Å². The molecule has 1 aliphatic heterocycles. The first-order valence-electron chi connectivity index (χ1n) is 6.57. The normalized spacial score (nSPS) is 21.8. The maximum Gasteiger partial charge on any atom is 0.225 e. The first-order chi connectivity index (χ1) is 8.33. The molecule has 4 nitrogen and oxygen atoms in total. The average molecular weight is 233 g/mol. The maximum absolute atomic E-state index is 11.9. The summed E-state index contributed by atoms with van der Waals surface area (Å²) in [6.07, 6.45) is 10.2. The zero-order valence-electron chi connectivity index (χ0n) is 10.1. The maximum atomic E-state index is 11.9. The Kier molecular flexibility index (Phi) is 2.87. The number of carbonyl (C=O) groups is 1. The number of piperidine rings is 1. The lowest BCUT2D eigenvalue weighted by molar-refractivity contribution is -0.134. The Morgan fingerprint density at radius 2 is 2.00 bits per heavy atom. The Balaban J connectivity index is 1.48. The minimum absolute atomic E-state index is 0.375. The van der Waals surface area contributed by atoms with Crippen LogP contribution in [-0.2, 0) is 11.3 Å². The molecule has 92 valence electrons. The fourth-order valence-electron chi connectivity index (χ4n) is 2.62. The van der Waals surface area contributed by atoms with Gasteiger partial charge in [-0.25, -0.2) is 4.98 Å². The van der Waals surface area contributed by atoms with Crippen LogP contribution >= 0.6 is 0 Å². The standard InChI is InChI=1S/C13H19N3O/c17-13(12-1-2-12)16-6-3-11(4-7-16)9-15-8-5-14-10-15/h5,8,10-12H,1-4,6-7,9H2. The third-order valence-corrected chi connectivity index (χ3v) is 3.88. The second kappa shape index (κ2) is 4.51. The van der Waals surface area contributed by atoms with Crippen molar-refractivity contribution >= 4 is 5.91 Å². The molecule has 1 saturated carbocycles. The molecule has 3 rings (SSSR count). The predicted octanol–water partition coefficient (Wildman–Crippen LogP) is 1.53. The van der Waals surface area contributed by atoms with E-state index in [4.69, 9.17) is 0 Å². The number of hydrogen-bond acceptors (Lipinski definition) is 2. The van der Waals surface area contributed by atoms with Gasteiger partial charge in [0.1, 0.15) is 0 Å². The van der Waals surface area contributed by atoms with E-state index in [9.17, 15) is 4.79 Å². The van der Waals surface area contributed by atoms with Crippen LogP contribution in [0.15, 0.2) is 18.7 Å². The highest BCUT2D eigenvalue weighted by Crippen LogP contribution is 2.32. The monoisotopic (exact) mass is 233 g/mol. The molecular weight excluding hydrogens is 214 g/mol. The quantitative estimate of drug-likeness (QED) is 0.794. The Bertz CT molecular complexity index is 375.